The van der Waals surface area contributed by atoms with Crippen LogP contribution in [-0.4, -0.2) is 33.9 Å². The monoisotopic (exact) mass is 238 g/mol. The van der Waals surface area contributed by atoms with Gasteiger partial charge in [0.25, 0.3) is 0 Å². The van der Waals surface area contributed by atoms with Crippen LogP contribution < -0.4 is 5.32 Å². The zero-order valence-corrected chi connectivity index (χ0v) is 10.3. The van der Waals surface area contributed by atoms with Crippen LogP contribution in [0.15, 0.2) is 0 Å². The number of hydrogen-bond donors (Lipinski definition) is 1. The van der Waals surface area contributed by atoms with E-state index in [2.05, 4.69) is 20.1 Å². The van der Waals surface area contributed by atoms with E-state index < -0.39 is 6.10 Å². The van der Waals surface area contributed by atoms with Crippen LogP contribution >= 0.6 is 0 Å². The van der Waals surface area contributed by atoms with Gasteiger partial charge in [0, 0.05) is 20.1 Å². The number of methoxy groups -OCH3 is 1. The molecule has 2 heterocycles. The van der Waals surface area contributed by atoms with E-state index in [0.717, 1.165) is 31.0 Å². The fourth-order valence-corrected chi connectivity index (χ4v) is 1.92. The number of carbonyl (C=O) groups excluding carboxylic acids is 1. The van der Waals surface area contributed by atoms with Gasteiger partial charge in [0.1, 0.15) is 11.9 Å². The Kier molecular flexibility index (Phi) is 3.73. The maximum atomic E-state index is 11.5. The molecular formula is C11H18N4O2. The predicted molar refractivity (Wildman–Crippen MR) is 61.3 cm³/mol. The molecule has 6 heteroatoms. The minimum absolute atomic E-state index is 0.124. The first-order valence-electron chi connectivity index (χ1n) is 5.94. The Bertz CT molecular complexity index is 402. The summed E-state index contributed by atoms with van der Waals surface area (Å²) in [6.45, 7) is 3.08. The molecule has 0 radical (unpaired) electrons. The van der Waals surface area contributed by atoms with Gasteiger partial charge in [-0.3, -0.25) is 4.79 Å². The van der Waals surface area contributed by atoms with Gasteiger partial charge in [0.15, 0.2) is 5.82 Å². The molecule has 0 aliphatic carbocycles. The second-order valence-electron chi connectivity index (χ2n) is 4.24. The van der Waals surface area contributed by atoms with Gasteiger partial charge in [0.2, 0.25) is 5.91 Å². The second-order valence-corrected chi connectivity index (χ2v) is 4.24. The number of carbonyl (C=O) groups is 1. The molecular weight excluding hydrogens is 220 g/mol. The third-order valence-electron chi connectivity index (χ3n) is 3.08. The summed E-state index contributed by atoms with van der Waals surface area (Å²) < 4.78 is 7.04. The van der Waals surface area contributed by atoms with Crippen molar-refractivity contribution < 1.29 is 9.53 Å². The lowest BCUT2D eigenvalue weighted by molar-refractivity contribution is -0.130. The molecule has 6 nitrogen and oxygen atoms in total. The number of ether oxygens (including phenoxy) is 1. The molecule has 1 aliphatic rings. The highest BCUT2D eigenvalue weighted by Gasteiger charge is 2.17. The van der Waals surface area contributed by atoms with Gasteiger partial charge in [-0.15, -0.1) is 10.2 Å². The lowest BCUT2D eigenvalue weighted by Gasteiger charge is -2.15. The summed E-state index contributed by atoms with van der Waals surface area (Å²) in [5.74, 6) is 1.73. The van der Waals surface area contributed by atoms with Crippen LogP contribution in [0.2, 0.25) is 0 Å². The van der Waals surface area contributed by atoms with Gasteiger partial charge in [-0.1, -0.05) is 0 Å². The van der Waals surface area contributed by atoms with Crippen molar-refractivity contribution in [3.63, 3.8) is 0 Å². The topological polar surface area (TPSA) is 69.0 Å². The molecule has 1 amide bonds. The lowest BCUT2D eigenvalue weighted by atomic mass is 10.2. The Labute approximate surface area is 100 Å². The highest BCUT2D eigenvalue weighted by molar-refractivity contribution is 5.80. The van der Waals surface area contributed by atoms with Crippen molar-refractivity contribution in [1.29, 1.82) is 0 Å². The van der Waals surface area contributed by atoms with Crippen molar-refractivity contribution in [2.24, 2.45) is 0 Å². The van der Waals surface area contributed by atoms with Gasteiger partial charge in [-0.25, -0.2) is 0 Å². The lowest BCUT2D eigenvalue weighted by Crippen LogP contribution is -2.34. The molecule has 0 bridgehead atoms. The van der Waals surface area contributed by atoms with E-state index in [0.29, 0.717) is 6.54 Å². The summed E-state index contributed by atoms with van der Waals surface area (Å²) in [6, 6.07) is 0. The van der Waals surface area contributed by atoms with Crippen LogP contribution in [0.5, 0.6) is 0 Å². The predicted octanol–water partition coefficient (Wildman–Crippen LogP) is 0.265. The third-order valence-corrected chi connectivity index (χ3v) is 3.08. The first-order valence-corrected chi connectivity index (χ1v) is 5.94. The zero-order valence-electron chi connectivity index (χ0n) is 10.3. The summed E-state index contributed by atoms with van der Waals surface area (Å²) in [5.41, 5.74) is 0. The maximum Gasteiger partial charge on any atom is 0.249 e. The van der Waals surface area contributed by atoms with Gasteiger partial charge in [0.05, 0.1) is 6.54 Å². The number of rotatable bonds is 4. The number of aryl methyl sites for hydroxylation is 1. The summed E-state index contributed by atoms with van der Waals surface area (Å²) in [7, 11) is 1.52. The summed E-state index contributed by atoms with van der Waals surface area (Å²) in [4.78, 5) is 11.5. The van der Waals surface area contributed by atoms with Crippen molar-refractivity contribution in [2.45, 2.75) is 45.4 Å². The molecule has 1 aromatic heterocycles. The highest BCUT2D eigenvalue weighted by atomic mass is 16.5. The van der Waals surface area contributed by atoms with Crippen LogP contribution in [0.1, 0.15) is 31.4 Å². The van der Waals surface area contributed by atoms with Crippen molar-refractivity contribution in [2.75, 3.05) is 7.11 Å². The number of hydrogen-bond acceptors (Lipinski definition) is 4. The summed E-state index contributed by atoms with van der Waals surface area (Å²) >= 11 is 0. The molecule has 0 saturated heterocycles. The van der Waals surface area contributed by atoms with Gasteiger partial charge < -0.3 is 14.6 Å². The molecule has 0 aromatic carbocycles. The molecule has 1 unspecified atom stereocenters. The first-order chi connectivity index (χ1) is 8.22. The van der Waals surface area contributed by atoms with Gasteiger partial charge in [-0.05, 0) is 19.8 Å². The minimum atomic E-state index is -0.432. The zero-order chi connectivity index (χ0) is 12.3. The normalized spacial score (nSPS) is 16.4. The Morgan fingerprint density at radius 1 is 1.53 bits per heavy atom. The summed E-state index contributed by atoms with van der Waals surface area (Å²) in [6.07, 6.45) is 2.87. The average molecular weight is 238 g/mol. The van der Waals surface area contributed by atoms with Gasteiger partial charge in [-0.2, -0.15) is 0 Å². The fourth-order valence-electron chi connectivity index (χ4n) is 1.92. The highest BCUT2D eigenvalue weighted by Crippen LogP contribution is 2.13. The second kappa shape index (κ2) is 5.27. The number of aromatic nitrogens is 3. The van der Waals surface area contributed by atoms with E-state index in [9.17, 15) is 4.79 Å². The molecule has 0 fully saturated rings. The number of nitrogens with zero attached hydrogens (tertiary/aromatic N) is 3. The maximum absolute atomic E-state index is 11.5. The van der Waals surface area contributed by atoms with E-state index in [1.54, 1.807) is 6.92 Å². The van der Waals surface area contributed by atoms with Crippen LogP contribution in [0.4, 0.5) is 0 Å². The molecule has 1 atom stereocenters. The molecule has 17 heavy (non-hydrogen) atoms. The molecule has 2 rings (SSSR count). The number of fused-ring (bicyclic) bond motifs is 1. The van der Waals surface area contributed by atoms with E-state index >= 15 is 0 Å². The van der Waals surface area contributed by atoms with E-state index in [1.165, 1.54) is 13.5 Å². The van der Waals surface area contributed by atoms with Crippen LogP contribution in [0.3, 0.4) is 0 Å². The van der Waals surface area contributed by atoms with E-state index in [1.807, 2.05) is 0 Å². The standard InChI is InChI=1S/C11H18N4O2/c1-8(17-2)11(16)12-7-10-14-13-9-5-3-4-6-15(9)10/h8H,3-7H2,1-2H3,(H,12,16). The Hall–Kier alpha value is -1.43. The van der Waals surface area contributed by atoms with Crippen molar-refractivity contribution >= 4 is 5.91 Å². The number of amides is 1. The van der Waals surface area contributed by atoms with E-state index in [4.69, 9.17) is 4.74 Å². The van der Waals surface area contributed by atoms with Crippen molar-refractivity contribution in [3.05, 3.63) is 11.6 Å². The van der Waals surface area contributed by atoms with Crippen LogP contribution in [-0.2, 0) is 29.0 Å². The van der Waals surface area contributed by atoms with Gasteiger partial charge >= 0.3 is 0 Å². The summed E-state index contributed by atoms with van der Waals surface area (Å²) in [5, 5.41) is 11.0. The van der Waals surface area contributed by atoms with Crippen molar-refractivity contribution in [3.8, 4) is 0 Å². The first kappa shape index (κ1) is 12.0. The molecule has 1 aromatic rings. The Morgan fingerprint density at radius 2 is 2.35 bits per heavy atom. The quantitative estimate of drug-likeness (QED) is 0.817. The number of nitrogens with one attached hydrogen (secondary N) is 1. The molecule has 1 aliphatic heterocycles. The fraction of sp³-hybridized carbons (Fsp3) is 0.727. The van der Waals surface area contributed by atoms with Crippen molar-refractivity contribution in [1.82, 2.24) is 20.1 Å². The largest absolute Gasteiger partial charge is 0.372 e. The average Bonchev–Trinajstić information content (AvgIpc) is 2.78. The minimum Gasteiger partial charge on any atom is -0.372 e. The molecule has 0 spiro atoms. The molecule has 94 valence electrons. The Morgan fingerprint density at radius 3 is 3.12 bits per heavy atom. The SMILES string of the molecule is COC(C)C(=O)NCc1nnc2n1CCCC2. The van der Waals surface area contributed by atoms with Crippen LogP contribution in [0, 0.1) is 0 Å². The molecule has 1 N–H and O–H groups in total. The third kappa shape index (κ3) is 2.63. The van der Waals surface area contributed by atoms with E-state index in [-0.39, 0.29) is 5.91 Å². The Balaban J connectivity index is 1.95. The smallest absolute Gasteiger partial charge is 0.249 e. The molecule has 0 saturated carbocycles. The van der Waals surface area contributed by atoms with Crippen LogP contribution in [0.25, 0.3) is 0 Å².